The molecule has 2 aromatic rings. The summed E-state index contributed by atoms with van der Waals surface area (Å²) < 4.78 is 26.2. The monoisotopic (exact) mass is 326 g/mol. The van der Waals surface area contributed by atoms with Gasteiger partial charge in [-0.3, -0.25) is 0 Å². The maximum absolute atomic E-state index is 11.7. The number of halogens is 1. The van der Waals surface area contributed by atoms with E-state index in [2.05, 4.69) is 16.6 Å². The molecule has 0 radical (unpaired) electrons. The van der Waals surface area contributed by atoms with Crippen molar-refractivity contribution in [1.29, 1.82) is 0 Å². The van der Waals surface area contributed by atoms with Crippen LogP contribution in [-0.4, -0.2) is 15.5 Å². The standard InChI is InChI=1S/C13H11ClN2O2S2/c1-16-20(17,18)11-4-2-3-9(7-11)5-6-10-8-12(15)19-13(10)14/h2-4,7-8,16H,15H2,1H3. The Balaban J connectivity index is 2.37. The summed E-state index contributed by atoms with van der Waals surface area (Å²) in [5.41, 5.74) is 6.85. The fraction of sp³-hybridized carbons (Fsp3) is 0.0769. The first-order valence-corrected chi connectivity index (χ1v) is 8.20. The number of rotatable bonds is 2. The summed E-state index contributed by atoms with van der Waals surface area (Å²) in [5, 5.41) is 0.589. The molecule has 0 unspecified atom stereocenters. The lowest BCUT2D eigenvalue weighted by atomic mass is 10.2. The van der Waals surface area contributed by atoms with Crippen LogP contribution in [0.25, 0.3) is 0 Å². The van der Waals surface area contributed by atoms with Gasteiger partial charge in [-0.2, -0.15) is 0 Å². The van der Waals surface area contributed by atoms with Crippen LogP contribution in [0.5, 0.6) is 0 Å². The second-order valence-corrected chi connectivity index (χ2v) is 7.39. The number of sulfonamides is 1. The number of hydrogen-bond acceptors (Lipinski definition) is 4. The molecular weight excluding hydrogens is 316 g/mol. The molecular formula is C13H11ClN2O2S2. The average Bonchev–Trinajstić information content (AvgIpc) is 2.75. The van der Waals surface area contributed by atoms with Gasteiger partial charge >= 0.3 is 0 Å². The van der Waals surface area contributed by atoms with Gasteiger partial charge in [0.1, 0.15) is 4.34 Å². The molecule has 0 bridgehead atoms. The zero-order valence-electron chi connectivity index (χ0n) is 10.5. The molecule has 0 fully saturated rings. The van der Waals surface area contributed by atoms with Crippen LogP contribution in [0.2, 0.25) is 4.34 Å². The Morgan fingerprint density at radius 2 is 2.05 bits per heavy atom. The highest BCUT2D eigenvalue weighted by Gasteiger charge is 2.10. The molecule has 0 aliphatic heterocycles. The number of hydrogen-bond donors (Lipinski definition) is 2. The molecule has 2 rings (SSSR count). The van der Waals surface area contributed by atoms with Crippen LogP contribution in [0.15, 0.2) is 35.2 Å². The SMILES string of the molecule is CNS(=O)(=O)c1cccc(C#Cc2cc(N)sc2Cl)c1. The Morgan fingerprint density at radius 3 is 2.65 bits per heavy atom. The first-order valence-electron chi connectivity index (χ1n) is 5.53. The van der Waals surface area contributed by atoms with Gasteiger partial charge in [0, 0.05) is 5.56 Å². The van der Waals surface area contributed by atoms with Crippen molar-refractivity contribution in [3.63, 3.8) is 0 Å². The van der Waals surface area contributed by atoms with E-state index in [-0.39, 0.29) is 4.90 Å². The van der Waals surface area contributed by atoms with Crippen molar-refractivity contribution in [3.05, 3.63) is 45.8 Å². The van der Waals surface area contributed by atoms with Crippen molar-refractivity contribution in [3.8, 4) is 11.8 Å². The Bertz CT molecular complexity index is 801. The minimum Gasteiger partial charge on any atom is -0.391 e. The second kappa shape index (κ2) is 5.85. The summed E-state index contributed by atoms with van der Waals surface area (Å²) in [7, 11) is -2.11. The summed E-state index contributed by atoms with van der Waals surface area (Å²) >= 11 is 7.22. The predicted octanol–water partition coefficient (Wildman–Crippen LogP) is 2.29. The van der Waals surface area contributed by atoms with Gasteiger partial charge in [0.05, 0.1) is 15.5 Å². The van der Waals surface area contributed by atoms with E-state index in [1.165, 1.54) is 30.5 Å². The lowest BCUT2D eigenvalue weighted by molar-refractivity contribution is 0.588. The van der Waals surface area contributed by atoms with Crippen LogP contribution >= 0.6 is 22.9 Å². The molecule has 0 amide bonds. The van der Waals surface area contributed by atoms with Crippen LogP contribution in [0, 0.1) is 11.8 Å². The normalized spacial score (nSPS) is 10.9. The van der Waals surface area contributed by atoms with Crippen molar-refractivity contribution >= 4 is 38.0 Å². The molecule has 0 spiro atoms. The van der Waals surface area contributed by atoms with E-state index in [1.54, 1.807) is 18.2 Å². The van der Waals surface area contributed by atoms with Gasteiger partial charge < -0.3 is 5.73 Å². The van der Waals surface area contributed by atoms with Gasteiger partial charge in [0.25, 0.3) is 0 Å². The maximum Gasteiger partial charge on any atom is 0.240 e. The number of nitrogens with two attached hydrogens (primary N) is 1. The molecule has 0 saturated heterocycles. The van der Waals surface area contributed by atoms with Crippen molar-refractivity contribution in [2.45, 2.75) is 4.90 Å². The fourth-order valence-electron chi connectivity index (χ4n) is 1.47. The molecule has 20 heavy (non-hydrogen) atoms. The quantitative estimate of drug-likeness (QED) is 0.832. The summed E-state index contributed by atoms with van der Waals surface area (Å²) in [6, 6.07) is 8.06. The van der Waals surface area contributed by atoms with Gasteiger partial charge in [-0.05, 0) is 31.3 Å². The zero-order chi connectivity index (χ0) is 14.8. The zero-order valence-corrected chi connectivity index (χ0v) is 12.9. The Hall–Kier alpha value is -1.52. The van der Waals surface area contributed by atoms with Crippen molar-refractivity contribution < 1.29 is 8.42 Å². The summed E-state index contributed by atoms with van der Waals surface area (Å²) in [6.07, 6.45) is 0. The van der Waals surface area contributed by atoms with Crippen LogP contribution in [0.3, 0.4) is 0 Å². The molecule has 104 valence electrons. The minimum atomic E-state index is -3.47. The summed E-state index contributed by atoms with van der Waals surface area (Å²) in [4.78, 5) is 0.169. The van der Waals surface area contributed by atoms with E-state index in [0.717, 1.165) is 0 Å². The summed E-state index contributed by atoms with van der Waals surface area (Å²) in [6.45, 7) is 0. The van der Waals surface area contributed by atoms with Gasteiger partial charge in [0.15, 0.2) is 0 Å². The van der Waals surface area contributed by atoms with E-state index in [0.29, 0.717) is 20.5 Å². The third-order valence-corrected chi connectivity index (χ3v) is 5.06. The van der Waals surface area contributed by atoms with Crippen LogP contribution in [0.1, 0.15) is 11.1 Å². The number of thiophene rings is 1. The Kier molecular flexibility index (Phi) is 4.35. The molecule has 1 heterocycles. The molecule has 4 nitrogen and oxygen atoms in total. The highest BCUT2D eigenvalue weighted by Crippen LogP contribution is 2.28. The fourth-order valence-corrected chi connectivity index (χ4v) is 3.22. The van der Waals surface area contributed by atoms with E-state index in [1.807, 2.05) is 0 Å². The first kappa shape index (κ1) is 14.9. The van der Waals surface area contributed by atoms with Crippen LogP contribution in [0.4, 0.5) is 5.00 Å². The molecule has 3 N–H and O–H groups in total. The van der Waals surface area contributed by atoms with Crippen LogP contribution in [-0.2, 0) is 10.0 Å². The second-order valence-electron chi connectivity index (χ2n) is 3.82. The number of nitrogen functional groups attached to an aromatic ring is 1. The molecule has 1 aromatic heterocycles. The molecule has 7 heteroatoms. The molecule has 0 aliphatic rings. The molecule has 0 saturated carbocycles. The maximum atomic E-state index is 11.7. The Morgan fingerprint density at radius 1 is 1.30 bits per heavy atom. The van der Waals surface area contributed by atoms with Gasteiger partial charge in [-0.15, -0.1) is 11.3 Å². The van der Waals surface area contributed by atoms with E-state index in [4.69, 9.17) is 17.3 Å². The molecule has 0 atom stereocenters. The van der Waals surface area contributed by atoms with Crippen LogP contribution < -0.4 is 10.5 Å². The minimum absolute atomic E-state index is 0.169. The average molecular weight is 327 g/mol. The van der Waals surface area contributed by atoms with Gasteiger partial charge in [-0.25, -0.2) is 13.1 Å². The molecule has 1 aromatic carbocycles. The van der Waals surface area contributed by atoms with Gasteiger partial charge in [0.2, 0.25) is 10.0 Å². The number of anilines is 1. The van der Waals surface area contributed by atoms with Crippen molar-refractivity contribution in [2.75, 3.05) is 12.8 Å². The molecule has 0 aliphatic carbocycles. The predicted molar refractivity (Wildman–Crippen MR) is 82.4 cm³/mol. The number of benzene rings is 1. The highest BCUT2D eigenvalue weighted by atomic mass is 35.5. The third kappa shape index (κ3) is 3.32. The highest BCUT2D eigenvalue weighted by molar-refractivity contribution is 7.89. The lowest BCUT2D eigenvalue weighted by Gasteiger charge is -2.01. The topological polar surface area (TPSA) is 72.2 Å². The Labute approximate surface area is 126 Å². The van der Waals surface area contributed by atoms with Crippen molar-refractivity contribution in [1.82, 2.24) is 4.72 Å². The number of nitrogens with one attached hydrogen (secondary N) is 1. The van der Waals surface area contributed by atoms with E-state index >= 15 is 0 Å². The third-order valence-electron chi connectivity index (χ3n) is 2.46. The van der Waals surface area contributed by atoms with Gasteiger partial charge in [-0.1, -0.05) is 29.5 Å². The summed E-state index contributed by atoms with van der Waals surface area (Å²) in [5.74, 6) is 5.76. The largest absolute Gasteiger partial charge is 0.391 e. The van der Waals surface area contributed by atoms with E-state index in [9.17, 15) is 8.42 Å². The van der Waals surface area contributed by atoms with Crippen molar-refractivity contribution in [2.24, 2.45) is 0 Å². The first-order chi connectivity index (χ1) is 9.42. The van der Waals surface area contributed by atoms with E-state index < -0.39 is 10.0 Å². The lowest BCUT2D eigenvalue weighted by Crippen LogP contribution is -2.18. The smallest absolute Gasteiger partial charge is 0.240 e.